The first-order chi connectivity index (χ1) is 28.8. The van der Waals surface area contributed by atoms with Gasteiger partial charge in [0.1, 0.15) is 0 Å². The number of anilines is 3. The lowest BCUT2D eigenvalue weighted by atomic mass is 9.92. The quantitative estimate of drug-likeness (QED) is 0.148. The summed E-state index contributed by atoms with van der Waals surface area (Å²) in [6.07, 6.45) is 2.21. The van der Waals surface area contributed by atoms with Gasteiger partial charge in [0, 0.05) is 39.6 Å². The van der Waals surface area contributed by atoms with Crippen molar-refractivity contribution in [1.29, 1.82) is 0 Å². The van der Waals surface area contributed by atoms with Crippen LogP contribution in [-0.4, -0.2) is 4.40 Å². The van der Waals surface area contributed by atoms with Crippen LogP contribution in [0.3, 0.4) is 0 Å². The smallest absolute Gasteiger partial charge is 0.0620 e. The van der Waals surface area contributed by atoms with Crippen LogP contribution in [0.4, 0.5) is 17.1 Å². The molecule has 272 valence electrons. The lowest BCUT2D eigenvalue weighted by molar-refractivity contribution is 1.26. The molecule has 0 fully saturated rings. The van der Waals surface area contributed by atoms with Gasteiger partial charge < -0.3 is 9.30 Å². The molecular formula is C56H38N2. The number of hydrogen-bond acceptors (Lipinski definition) is 1. The minimum Gasteiger partial charge on any atom is -0.315 e. The van der Waals surface area contributed by atoms with E-state index in [1.807, 2.05) is 0 Å². The van der Waals surface area contributed by atoms with Gasteiger partial charge in [0.25, 0.3) is 0 Å². The second kappa shape index (κ2) is 14.1. The monoisotopic (exact) mass is 738 g/mol. The van der Waals surface area contributed by atoms with Crippen molar-refractivity contribution in [2.75, 3.05) is 4.90 Å². The number of hydrogen-bond donors (Lipinski definition) is 0. The highest BCUT2D eigenvalue weighted by molar-refractivity contribution is 6.30. The summed E-state index contributed by atoms with van der Waals surface area (Å²) in [4.78, 5) is 2.29. The van der Waals surface area contributed by atoms with E-state index in [2.05, 4.69) is 240 Å². The first-order valence-electron chi connectivity index (χ1n) is 19.9. The number of pyridine rings is 1. The lowest BCUT2D eigenvalue weighted by Crippen LogP contribution is -2.09. The van der Waals surface area contributed by atoms with Gasteiger partial charge in [0.2, 0.25) is 0 Å². The molecule has 2 heteroatoms. The van der Waals surface area contributed by atoms with Crippen LogP contribution in [0, 0.1) is 0 Å². The molecule has 0 saturated carbocycles. The molecule has 11 rings (SSSR count). The number of nitrogens with zero attached hydrogens (tertiary/aromatic N) is 2. The SMILES string of the molecule is c1ccc(-c2c3c4ccccc4c4cc(-c5ccc(-c6ccc(-c7ccc(N(c8ccccc8)c8ccccc8)cc7)cc6)cc5)ccc4c3n3ccccc23)cc1. The molecule has 2 heterocycles. The Morgan fingerprint density at radius 1 is 0.293 bits per heavy atom. The Hall–Kier alpha value is -7.68. The summed E-state index contributed by atoms with van der Waals surface area (Å²) in [5.41, 5.74) is 15.6. The average molecular weight is 739 g/mol. The van der Waals surface area contributed by atoms with E-state index in [4.69, 9.17) is 0 Å². The molecule has 0 atom stereocenters. The van der Waals surface area contributed by atoms with Crippen LogP contribution in [0.15, 0.2) is 231 Å². The molecule has 0 spiro atoms. The van der Waals surface area contributed by atoms with E-state index >= 15 is 0 Å². The largest absolute Gasteiger partial charge is 0.315 e. The zero-order valence-electron chi connectivity index (χ0n) is 31.8. The molecule has 2 nitrogen and oxygen atoms in total. The molecule has 0 N–H and O–H groups in total. The van der Waals surface area contributed by atoms with Crippen molar-refractivity contribution in [3.63, 3.8) is 0 Å². The first-order valence-corrected chi connectivity index (χ1v) is 19.9. The van der Waals surface area contributed by atoms with E-state index in [9.17, 15) is 0 Å². The van der Waals surface area contributed by atoms with Crippen LogP contribution in [-0.2, 0) is 0 Å². The highest BCUT2D eigenvalue weighted by Crippen LogP contribution is 2.45. The van der Waals surface area contributed by atoms with Gasteiger partial charge in [-0.2, -0.15) is 0 Å². The molecule has 0 aliphatic carbocycles. The molecule has 58 heavy (non-hydrogen) atoms. The normalized spacial score (nSPS) is 11.4. The van der Waals surface area contributed by atoms with Crippen LogP contribution < -0.4 is 4.90 Å². The fourth-order valence-corrected chi connectivity index (χ4v) is 8.84. The van der Waals surface area contributed by atoms with Crippen molar-refractivity contribution < 1.29 is 0 Å². The summed E-state index contributed by atoms with van der Waals surface area (Å²) in [5, 5.41) is 6.39. The Balaban J connectivity index is 0.909. The van der Waals surface area contributed by atoms with Gasteiger partial charge in [-0.1, -0.05) is 170 Å². The van der Waals surface area contributed by atoms with Crippen molar-refractivity contribution in [3.05, 3.63) is 231 Å². The third kappa shape index (κ3) is 5.74. The number of aromatic nitrogens is 1. The summed E-state index contributed by atoms with van der Waals surface area (Å²) in [6.45, 7) is 0. The lowest BCUT2D eigenvalue weighted by Gasteiger charge is -2.25. The summed E-state index contributed by atoms with van der Waals surface area (Å²) in [6, 6.07) is 81.1. The van der Waals surface area contributed by atoms with Gasteiger partial charge in [-0.25, -0.2) is 0 Å². The van der Waals surface area contributed by atoms with Gasteiger partial charge in [-0.15, -0.1) is 0 Å². The second-order valence-corrected chi connectivity index (χ2v) is 14.9. The van der Waals surface area contributed by atoms with Crippen LogP contribution in [0.2, 0.25) is 0 Å². The summed E-state index contributed by atoms with van der Waals surface area (Å²) < 4.78 is 2.38. The maximum Gasteiger partial charge on any atom is 0.0620 e. The van der Waals surface area contributed by atoms with Crippen LogP contribution in [0.5, 0.6) is 0 Å². The standard InChI is InChI=1S/C56H38N2/c1-4-14-44(15-5-1)54-53-22-12-13-37-57(53)56-51-36-33-45(38-52(51)49-20-10-11-21-50(49)55(54)56)43-29-27-40(28-30-43)39-23-25-41(26-24-39)42-31-34-48(35-32-42)58(46-16-6-2-7-17-46)47-18-8-3-9-19-47/h1-38H. The van der Waals surface area contributed by atoms with Crippen molar-refractivity contribution in [3.8, 4) is 44.5 Å². The minimum atomic E-state index is 1.13. The van der Waals surface area contributed by atoms with Crippen molar-refractivity contribution in [2.45, 2.75) is 0 Å². The molecule has 0 aliphatic rings. The highest BCUT2D eigenvalue weighted by atomic mass is 15.1. The summed E-state index contributed by atoms with van der Waals surface area (Å²) in [5.74, 6) is 0. The Bertz CT molecular complexity index is 3180. The fraction of sp³-hybridized carbons (Fsp3) is 0. The van der Waals surface area contributed by atoms with Crippen LogP contribution >= 0.6 is 0 Å². The van der Waals surface area contributed by atoms with Gasteiger partial charge in [0.15, 0.2) is 0 Å². The zero-order valence-corrected chi connectivity index (χ0v) is 31.8. The number of benzene rings is 9. The number of fused-ring (bicyclic) bond motifs is 8. The predicted molar refractivity (Wildman–Crippen MR) is 246 cm³/mol. The Morgan fingerprint density at radius 2 is 0.741 bits per heavy atom. The summed E-state index contributed by atoms with van der Waals surface area (Å²) >= 11 is 0. The van der Waals surface area contributed by atoms with Gasteiger partial charge >= 0.3 is 0 Å². The van der Waals surface area contributed by atoms with E-state index in [1.54, 1.807) is 0 Å². The van der Waals surface area contributed by atoms with E-state index in [0.29, 0.717) is 0 Å². The molecule has 0 bridgehead atoms. The molecule has 0 unspecified atom stereocenters. The molecule has 0 saturated heterocycles. The Labute approximate surface area is 338 Å². The molecule has 0 radical (unpaired) electrons. The maximum absolute atomic E-state index is 2.38. The van der Waals surface area contributed by atoms with Gasteiger partial charge in [-0.3, -0.25) is 0 Å². The van der Waals surface area contributed by atoms with E-state index in [0.717, 1.165) is 17.1 Å². The molecular weight excluding hydrogens is 701 g/mol. The fourth-order valence-electron chi connectivity index (χ4n) is 8.84. The van der Waals surface area contributed by atoms with Crippen molar-refractivity contribution in [1.82, 2.24) is 4.40 Å². The minimum absolute atomic E-state index is 1.13. The Morgan fingerprint density at radius 3 is 1.33 bits per heavy atom. The predicted octanol–water partition coefficient (Wildman–Crippen LogP) is 15.5. The molecule has 9 aromatic carbocycles. The number of para-hydroxylation sites is 2. The molecule has 2 aromatic heterocycles. The molecule has 0 amide bonds. The van der Waals surface area contributed by atoms with Gasteiger partial charge in [0.05, 0.1) is 11.0 Å². The second-order valence-electron chi connectivity index (χ2n) is 14.9. The third-order valence-electron chi connectivity index (χ3n) is 11.6. The molecule has 11 aromatic rings. The van der Waals surface area contributed by atoms with Crippen molar-refractivity contribution in [2.24, 2.45) is 0 Å². The topological polar surface area (TPSA) is 7.65 Å². The zero-order chi connectivity index (χ0) is 38.4. The maximum atomic E-state index is 2.38. The highest BCUT2D eigenvalue weighted by Gasteiger charge is 2.20. The average Bonchev–Trinajstić information content (AvgIpc) is 3.66. The first kappa shape index (κ1) is 33.6. The van der Waals surface area contributed by atoms with E-state index in [-0.39, 0.29) is 0 Å². The van der Waals surface area contributed by atoms with Gasteiger partial charge in [-0.05, 0) is 110 Å². The van der Waals surface area contributed by atoms with Crippen molar-refractivity contribution >= 4 is 55.0 Å². The van der Waals surface area contributed by atoms with E-state index in [1.165, 1.54) is 82.5 Å². The van der Waals surface area contributed by atoms with Crippen LogP contribution in [0.1, 0.15) is 0 Å². The van der Waals surface area contributed by atoms with Crippen LogP contribution in [0.25, 0.3) is 82.5 Å². The number of rotatable bonds is 7. The molecule has 0 aliphatic heterocycles. The summed E-state index contributed by atoms with van der Waals surface area (Å²) in [7, 11) is 0. The third-order valence-corrected chi connectivity index (χ3v) is 11.6. The Kier molecular flexibility index (Phi) is 8.19. The van der Waals surface area contributed by atoms with E-state index < -0.39 is 0 Å².